The van der Waals surface area contributed by atoms with Crippen LogP contribution in [0.1, 0.15) is 36.7 Å². The number of carbonyl (C=O) groups excluding carboxylic acids is 1. The summed E-state index contributed by atoms with van der Waals surface area (Å²) in [5.41, 5.74) is 1.45. The molecule has 0 bridgehead atoms. The summed E-state index contributed by atoms with van der Waals surface area (Å²) < 4.78 is 10.5. The predicted octanol–water partition coefficient (Wildman–Crippen LogP) is 3.96. The van der Waals surface area contributed by atoms with E-state index in [0.717, 1.165) is 11.3 Å². The van der Waals surface area contributed by atoms with E-state index in [-0.39, 0.29) is 5.41 Å². The SMILES string of the molecule is COC(=O)c1ccnc(Oc2ccccc2C(C)(C)C)c1. The molecule has 0 saturated heterocycles. The first-order chi connectivity index (χ1) is 9.91. The molecule has 1 aromatic carbocycles. The summed E-state index contributed by atoms with van der Waals surface area (Å²) in [4.78, 5) is 15.7. The summed E-state index contributed by atoms with van der Waals surface area (Å²) in [5, 5.41) is 0. The molecular weight excluding hydrogens is 266 g/mol. The van der Waals surface area contributed by atoms with Crippen LogP contribution in [0.2, 0.25) is 0 Å². The summed E-state index contributed by atoms with van der Waals surface area (Å²) in [7, 11) is 1.35. The standard InChI is InChI=1S/C17H19NO3/c1-17(2,3)13-7-5-6-8-14(13)21-15-11-12(9-10-18-15)16(19)20-4/h5-11H,1-4H3. The summed E-state index contributed by atoms with van der Waals surface area (Å²) in [6, 6.07) is 11.0. The van der Waals surface area contributed by atoms with Crippen molar-refractivity contribution in [3.05, 3.63) is 53.7 Å². The lowest BCUT2D eigenvalue weighted by Crippen LogP contribution is -2.12. The van der Waals surface area contributed by atoms with Crippen molar-refractivity contribution in [1.82, 2.24) is 4.98 Å². The lowest BCUT2D eigenvalue weighted by atomic mass is 9.86. The van der Waals surface area contributed by atoms with Crippen molar-refractivity contribution >= 4 is 5.97 Å². The molecule has 1 heterocycles. The van der Waals surface area contributed by atoms with Gasteiger partial charge in [0.25, 0.3) is 0 Å². The van der Waals surface area contributed by atoms with Gasteiger partial charge < -0.3 is 9.47 Å². The third-order valence-corrected chi connectivity index (χ3v) is 3.07. The minimum Gasteiger partial charge on any atom is -0.465 e. The number of esters is 1. The molecule has 0 radical (unpaired) electrons. The van der Waals surface area contributed by atoms with E-state index in [1.807, 2.05) is 24.3 Å². The van der Waals surface area contributed by atoms with Gasteiger partial charge in [0, 0.05) is 17.8 Å². The Morgan fingerprint density at radius 1 is 1.14 bits per heavy atom. The van der Waals surface area contributed by atoms with Gasteiger partial charge in [-0.05, 0) is 17.5 Å². The fraction of sp³-hybridized carbons (Fsp3) is 0.294. The molecule has 4 nitrogen and oxygen atoms in total. The van der Waals surface area contributed by atoms with E-state index >= 15 is 0 Å². The van der Waals surface area contributed by atoms with Gasteiger partial charge in [-0.25, -0.2) is 9.78 Å². The summed E-state index contributed by atoms with van der Waals surface area (Å²) in [6.07, 6.45) is 1.53. The van der Waals surface area contributed by atoms with Crippen LogP contribution in [0, 0.1) is 0 Å². The van der Waals surface area contributed by atoms with Gasteiger partial charge in [0.2, 0.25) is 5.88 Å². The van der Waals surface area contributed by atoms with Crippen molar-refractivity contribution in [3.8, 4) is 11.6 Å². The molecule has 1 aromatic heterocycles. The number of carbonyl (C=O) groups is 1. The quantitative estimate of drug-likeness (QED) is 0.801. The molecule has 2 rings (SSSR count). The van der Waals surface area contributed by atoms with Gasteiger partial charge >= 0.3 is 5.97 Å². The van der Waals surface area contributed by atoms with Crippen molar-refractivity contribution in [2.75, 3.05) is 7.11 Å². The smallest absolute Gasteiger partial charge is 0.338 e. The Kier molecular flexibility index (Phi) is 4.26. The number of rotatable bonds is 3. The second-order valence-electron chi connectivity index (χ2n) is 5.72. The molecule has 0 unspecified atom stereocenters. The Balaban J connectivity index is 2.33. The molecule has 0 atom stereocenters. The Labute approximate surface area is 124 Å². The highest BCUT2D eigenvalue weighted by molar-refractivity contribution is 5.89. The highest BCUT2D eigenvalue weighted by Gasteiger charge is 2.19. The highest BCUT2D eigenvalue weighted by Crippen LogP contribution is 2.33. The molecule has 0 aliphatic heterocycles. The maximum absolute atomic E-state index is 11.5. The number of pyridine rings is 1. The van der Waals surface area contributed by atoms with E-state index in [0.29, 0.717) is 11.4 Å². The molecule has 4 heteroatoms. The molecule has 0 amide bonds. The number of nitrogens with zero attached hydrogens (tertiary/aromatic N) is 1. The van der Waals surface area contributed by atoms with Crippen molar-refractivity contribution in [2.45, 2.75) is 26.2 Å². The van der Waals surface area contributed by atoms with Crippen LogP contribution in [0.25, 0.3) is 0 Å². The molecule has 2 aromatic rings. The maximum atomic E-state index is 11.5. The van der Waals surface area contributed by atoms with Gasteiger partial charge in [0.05, 0.1) is 12.7 Å². The summed E-state index contributed by atoms with van der Waals surface area (Å²) in [5.74, 6) is 0.695. The van der Waals surface area contributed by atoms with E-state index in [1.165, 1.54) is 13.3 Å². The van der Waals surface area contributed by atoms with E-state index in [9.17, 15) is 4.79 Å². The average Bonchev–Trinajstić information content (AvgIpc) is 2.46. The van der Waals surface area contributed by atoms with Gasteiger partial charge in [0.15, 0.2) is 0 Å². The van der Waals surface area contributed by atoms with Crippen molar-refractivity contribution < 1.29 is 14.3 Å². The highest BCUT2D eigenvalue weighted by atomic mass is 16.5. The first-order valence-electron chi connectivity index (χ1n) is 6.73. The van der Waals surface area contributed by atoms with Crippen molar-refractivity contribution in [1.29, 1.82) is 0 Å². The normalized spacial score (nSPS) is 11.0. The topological polar surface area (TPSA) is 48.4 Å². The van der Waals surface area contributed by atoms with Crippen LogP contribution in [-0.2, 0) is 10.2 Å². The zero-order valence-corrected chi connectivity index (χ0v) is 12.7. The van der Waals surface area contributed by atoms with E-state index in [2.05, 4.69) is 25.8 Å². The van der Waals surface area contributed by atoms with Crippen LogP contribution < -0.4 is 4.74 Å². The number of hydrogen-bond acceptors (Lipinski definition) is 4. The van der Waals surface area contributed by atoms with Crippen LogP contribution in [-0.4, -0.2) is 18.1 Å². The van der Waals surface area contributed by atoms with E-state index in [1.54, 1.807) is 12.1 Å². The predicted molar refractivity (Wildman–Crippen MR) is 80.8 cm³/mol. The summed E-state index contributed by atoms with van der Waals surface area (Å²) >= 11 is 0. The van der Waals surface area contributed by atoms with Gasteiger partial charge in [-0.15, -0.1) is 0 Å². The minimum absolute atomic E-state index is 0.0451. The Bertz CT molecular complexity index is 644. The minimum atomic E-state index is -0.411. The first kappa shape index (κ1) is 15.0. The molecular formula is C17H19NO3. The van der Waals surface area contributed by atoms with Gasteiger partial charge in [-0.1, -0.05) is 39.0 Å². The Hall–Kier alpha value is -2.36. The zero-order chi connectivity index (χ0) is 15.5. The van der Waals surface area contributed by atoms with Gasteiger partial charge in [-0.3, -0.25) is 0 Å². The van der Waals surface area contributed by atoms with Crippen molar-refractivity contribution in [2.24, 2.45) is 0 Å². The molecule has 0 fully saturated rings. The molecule has 0 aliphatic rings. The maximum Gasteiger partial charge on any atom is 0.338 e. The second kappa shape index (κ2) is 5.95. The van der Waals surface area contributed by atoms with Crippen LogP contribution in [0.15, 0.2) is 42.6 Å². The molecule has 0 N–H and O–H groups in total. The molecule has 21 heavy (non-hydrogen) atoms. The molecule has 0 aliphatic carbocycles. The van der Waals surface area contributed by atoms with Crippen LogP contribution in [0.3, 0.4) is 0 Å². The number of para-hydroxylation sites is 1. The number of ether oxygens (including phenoxy) is 2. The monoisotopic (exact) mass is 285 g/mol. The van der Waals surface area contributed by atoms with E-state index < -0.39 is 5.97 Å². The van der Waals surface area contributed by atoms with Gasteiger partial charge in [-0.2, -0.15) is 0 Å². The molecule has 0 saturated carbocycles. The average molecular weight is 285 g/mol. The Morgan fingerprint density at radius 2 is 1.86 bits per heavy atom. The number of hydrogen-bond donors (Lipinski definition) is 0. The largest absolute Gasteiger partial charge is 0.465 e. The lowest BCUT2D eigenvalue weighted by Gasteiger charge is -2.22. The van der Waals surface area contributed by atoms with Crippen LogP contribution in [0.4, 0.5) is 0 Å². The molecule has 110 valence electrons. The lowest BCUT2D eigenvalue weighted by molar-refractivity contribution is 0.0600. The second-order valence-corrected chi connectivity index (χ2v) is 5.72. The third-order valence-electron chi connectivity index (χ3n) is 3.07. The van der Waals surface area contributed by atoms with Crippen LogP contribution >= 0.6 is 0 Å². The fourth-order valence-electron chi connectivity index (χ4n) is 2.00. The number of benzene rings is 1. The fourth-order valence-corrected chi connectivity index (χ4v) is 2.00. The van der Waals surface area contributed by atoms with Gasteiger partial charge in [0.1, 0.15) is 5.75 Å². The Morgan fingerprint density at radius 3 is 2.52 bits per heavy atom. The summed E-state index contributed by atoms with van der Waals surface area (Å²) in [6.45, 7) is 6.36. The van der Waals surface area contributed by atoms with Crippen molar-refractivity contribution in [3.63, 3.8) is 0 Å². The first-order valence-corrected chi connectivity index (χ1v) is 6.73. The third kappa shape index (κ3) is 3.60. The number of aromatic nitrogens is 1. The number of methoxy groups -OCH3 is 1. The zero-order valence-electron chi connectivity index (χ0n) is 12.7. The molecule has 0 spiro atoms. The van der Waals surface area contributed by atoms with Crippen LogP contribution in [0.5, 0.6) is 11.6 Å². The van der Waals surface area contributed by atoms with E-state index in [4.69, 9.17) is 9.47 Å².